The minimum Gasteiger partial charge on any atom is -0.328 e. The molecule has 0 heterocycles. The summed E-state index contributed by atoms with van der Waals surface area (Å²) < 4.78 is 29.2. The van der Waals surface area contributed by atoms with Gasteiger partial charge < -0.3 is 5.73 Å². The number of benzene rings is 1. The normalized spacial score (nSPS) is 12.4. The second kappa shape index (κ2) is 9.95. The van der Waals surface area contributed by atoms with Gasteiger partial charge in [-0.25, -0.2) is 0 Å². The van der Waals surface area contributed by atoms with Gasteiger partial charge in [0, 0.05) is 6.04 Å². The van der Waals surface area contributed by atoms with Crippen molar-refractivity contribution in [3.63, 3.8) is 0 Å². The Bertz CT molecular complexity index is 418. The van der Waals surface area contributed by atoms with E-state index in [1.807, 2.05) is 0 Å². The molecule has 0 aromatic heterocycles. The minimum absolute atomic E-state index is 0.0741. The van der Waals surface area contributed by atoms with Crippen LogP contribution >= 0.6 is 0 Å². The topological polar surface area (TPSA) is 80.4 Å². The lowest BCUT2D eigenvalue weighted by Crippen LogP contribution is -2.17. The van der Waals surface area contributed by atoms with Crippen molar-refractivity contribution in [1.82, 2.24) is 0 Å². The van der Waals surface area contributed by atoms with Crippen LogP contribution in [0.1, 0.15) is 46.0 Å². The lowest BCUT2D eigenvalue weighted by Gasteiger charge is -2.05. The van der Waals surface area contributed by atoms with Crippen molar-refractivity contribution < 1.29 is 13.0 Å². The van der Waals surface area contributed by atoms with Gasteiger partial charge in [0.1, 0.15) is 0 Å². The first-order chi connectivity index (χ1) is 8.91. The van der Waals surface area contributed by atoms with Gasteiger partial charge in [0.05, 0.1) is 4.90 Å². The summed E-state index contributed by atoms with van der Waals surface area (Å²) in [5, 5.41) is 0. The van der Waals surface area contributed by atoms with Gasteiger partial charge in [-0.3, -0.25) is 4.55 Å². The Kier molecular flexibility index (Phi) is 9.47. The third-order valence-electron chi connectivity index (χ3n) is 2.74. The van der Waals surface area contributed by atoms with Crippen LogP contribution in [0.3, 0.4) is 0 Å². The molecule has 0 amide bonds. The lowest BCUT2D eigenvalue weighted by molar-refractivity contribution is 0.483. The Balaban J connectivity index is 0.000000344. The summed E-state index contributed by atoms with van der Waals surface area (Å²) in [5.74, 6) is 0. The molecule has 1 rings (SSSR count). The molecule has 1 aromatic rings. The van der Waals surface area contributed by atoms with Crippen molar-refractivity contribution in [2.24, 2.45) is 5.73 Å². The zero-order valence-electron chi connectivity index (χ0n) is 11.7. The van der Waals surface area contributed by atoms with Gasteiger partial charge in [0.2, 0.25) is 0 Å². The van der Waals surface area contributed by atoms with E-state index in [1.54, 1.807) is 18.2 Å². The van der Waals surface area contributed by atoms with E-state index in [9.17, 15) is 8.42 Å². The molecule has 110 valence electrons. The van der Waals surface area contributed by atoms with Gasteiger partial charge in [-0.15, -0.1) is 0 Å². The molecule has 4 nitrogen and oxygen atoms in total. The van der Waals surface area contributed by atoms with E-state index in [0.29, 0.717) is 6.04 Å². The summed E-state index contributed by atoms with van der Waals surface area (Å²) in [5.41, 5.74) is 5.71. The molecule has 1 atom stereocenters. The average molecular weight is 287 g/mol. The van der Waals surface area contributed by atoms with Gasteiger partial charge in [0.25, 0.3) is 10.1 Å². The average Bonchev–Trinajstić information content (AvgIpc) is 2.39. The van der Waals surface area contributed by atoms with Crippen LogP contribution in [0.25, 0.3) is 0 Å². The van der Waals surface area contributed by atoms with Crippen molar-refractivity contribution >= 4 is 10.1 Å². The van der Waals surface area contributed by atoms with Crippen molar-refractivity contribution in [3.8, 4) is 0 Å². The molecule has 1 aromatic carbocycles. The van der Waals surface area contributed by atoms with Gasteiger partial charge in [-0.2, -0.15) is 8.42 Å². The molecular formula is C14H25NO3S. The Morgan fingerprint density at radius 2 is 1.74 bits per heavy atom. The highest BCUT2D eigenvalue weighted by Gasteiger charge is 2.05. The van der Waals surface area contributed by atoms with Crippen molar-refractivity contribution in [1.29, 1.82) is 0 Å². The quantitative estimate of drug-likeness (QED) is 0.621. The predicted octanol–water partition coefficient (Wildman–Crippen LogP) is 3.24. The van der Waals surface area contributed by atoms with E-state index in [4.69, 9.17) is 10.3 Å². The number of hydrogen-bond acceptors (Lipinski definition) is 3. The van der Waals surface area contributed by atoms with Crippen LogP contribution in [0, 0.1) is 0 Å². The van der Waals surface area contributed by atoms with E-state index in [2.05, 4.69) is 13.8 Å². The van der Waals surface area contributed by atoms with E-state index in [0.717, 1.165) is 6.42 Å². The molecule has 0 radical (unpaired) electrons. The van der Waals surface area contributed by atoms with Crippen LogP contribution in [0.15, 0.2) is 35.2 Å². The molecular weight excluding hydrogens is 262 g/mol. The first kappa shape index (κ1) is 18.1. The molecule has 0 aliphatic rings. The number of nitrogens with two attached hydrogens (primary N) is 1. The van der Waals surface area contributed by atoms with Crippen LogP contribution in [-0.2, 0) is 10.1 Å². The fraction of sp³-hybridized carbons (Fsp3) is 0.571. The SMILES string of the molecule is CCCCCC(N)CC.O=S(=O)(O)c1ccccc1. The second-order valence-electron chi connectivity index (χ2n) is 4.45. The largest absolute Gasteiger partial charge is 0.328 e. The van der Waals surface area contributed by atoms with Gasteiger partial charge >= 0.3 is 0 Å². The number of unbranched alkanes of at least 4 members (excludes halogenated alkanes) is 2. The molecule has 0 saturated heterocycles. The van der Waals surface area contributed by atoms with Crippen LogP contribution < -0.4 is 5.73 Å². The van der Waals surface area contributed by atoms with Crippen LogP contribution in [0.4, 0.5) is 0 Å². The van der Waals surface area contributed by atoms with Gasteiger partial charge in [-0.1, -0.05) is 51.3 Å². The monoisotopic (exact) mass is 287 g/mol. The molecule has 19 heavy (non-hydrogen) atoms. The zero-order chi connectivity index (χ0) is 14.7. The molecule has 0 aliphatic heterocycles. The van der Waals surface area contributed by atoms with E-state index < -0.39 is 10.1 Å². The zero-order valence-corrected chi connectivity index (χ0v) is 12.6. The maximum absolute atomic E-state index is 10.4. The van der Waals surface area contributed by atoms with Crippen molar-refractivity contribution in [2.75, 3.05) is 0 Å². The Hall–Kier alpha value is -0.910. The van der Waals surface area contributed by atoms with E-state index in [1.165, 1.54) is 37.8 Å². The fourth-order valence-electron chi connectivity index (χ4n) is 1.45. The third kappa shape index (κ3) is 9.64. The maximum atomic E-state index is 10.4. The van der Waals surface area contributed by atoms with E-state index in [-0.39, 0.29) is 4.90 Å². The first-order valence-electron chi connectivity index (χ1n) is 6.69. The summed E-state index contributed by atoms with van der Waals surface area (Å²) in [6, 6.07) is 7.88. The van der Waals surface area contributed by atoms with Crippen LogP contribution in [0.5, 0.6) is 0 Å². The summed E-state index contributed by atoms with van der Waals surface area (Å²) in [6.45, 7) is 4.37. The summed E-state index contributed by atoms with van der Waals surface area (Å²) in [4.78, 5) is -0.0741. The molecule has 0 bridgehead atoms. The third-order valence-corrected chi connectivity index (χ3v) is 3.61. The second-order valence-corrected chi connectivity index (χ2v) is 5.87. The molecule has 0 fully saturated rings. The number of rotatable bonds is 6. The maximum Gasteiger partial charge on any atom is 0.294 e. The number of hydrogen-bond donors (Lipinski definition) is 2. The molecule has 5 heteroatoms. The molecule has 1 unspecified atom stereocenters. The highest BCUT2D eigenvalue weighted by Crippen LogP contribution is 2.05. The summed E-state index contributed by atoms with van der Waals surface area (Å²) >= 11 is 0. The summed E-state index contributed by atoms with van der Waals surface area (Å²) in [7, 11) is -4.00. The van der Waals surface area contributed by atoms with Crippen molar-refractivity contribution in [2.45, 2.75) is 56.9 Å². The molecule has 0 spiro atoms. The van der Waals surface area contributed by atoms with Gasteiger partial charge in [-0.05, 0) is 25.0 Å². The van der Waals surface area contributed by atoms with E-state index >= 15 is 0 Å². The smallest absolute Gasteiger partial charge is 0.294 e. The molecule has 0 saturated carbocycles. The standard InChI is InChI=1S/C8H19N.C6H6O3S/c1-3-5-6-7-8(9)4-2;7-10(8,9)6-4-2-1-3-5-6/h8H,3-7,9H2,1-2H3;1-5H,(H,7,8,9). The fourth-order valence-corrected chi connectivity index (χ4v) is 1.95. The summed E-state index contributed by atoms with van der Waals surface area (Å²) in [6.07, 6.45) is 6.30. The predicted molar refractivity (Wildman–Crippen MR) is 78.7 cm³/mol. The van der Waals surface area contributed by atoms with Crippen molar-refractivity contribution in [3.05, 3.63) is 30.3 Å². The molecule has 3 N–H and O–H groups in total. The van der Waals surface area contributed by atoms with Gasteiger partial charge in [0.15, 0.2) is 0 Å². The van der Waals surface area contributed by atoms with Crippen LogP contribution in [-0.4, -0.2) is 19.0 Å². The Morgan fingerprint density at radius 3 is 2.11 bits per heavy atom. The lowest BCUT2D eigenvalue weighted by atomic mass is 10.1. The highest BCUT2D eigenvalue weighted by molar-refractivity contribution is 7.85. The Labute approximate surface area is 116 Å². The first-order valence-corrected chi connectivity index (χ1v) is 8.13. The van der Waals surface area contributed by atoms with Crippen LogP contribution in [0.2, 0.25) is 0 Å². The highest BCUT2D eigenvalue weighted by atomic mass is 32.2. The Morgan fingerprint density at radius 1 is 1.16 bits per heavy atom. The molecule has 0 aliphatic carbocycles. The minimum atomic E-state index is -4.00.